The van der Waals surface area contributed by atoms with Gasteiger partial charge in [0.05, 0.1) is 6.61 Å². The normalized spacial score (nSPS) is 12.2. The van der Waals surface area contributed by atoms with Gasteiger partial charge in [0.1, 0.15) is 0 Å². The zero-order valence-corrected chi connectivity index (χ0v) is 9.74. The van der Waals surface area contributed by atoms with Crippen molar-refractivity contribution in [1.29, 1.82) is 0 Å². The molecule has 0 bridgehead atoms. The summed E-state index contributed by atoms with van der Waals surface area (Å²) < 4.78 is 4.64. The molecule has 3 N–H and O–H groups in total. The largest absolute Gasteiger partial charge is 0.524 e. The fourth-order valence-electron chi connectivity index (χ4n) is 0.467. The average molecular weight is 255 g/mol. The predicted octanol–water partition coefficient (Wildman–Crippen LogP) is 0.0227. The number of primary amides is 1. The van der Waals surface area contributed by atoms with Crippen molar-refractivity contribution in [3.05, 3.63) is 44.8 Å². The third-order valence-electron chi connectivity index (χ3n) is 1.26. The van der Waals surface area contributed by atoms with Gasteiger partial charge in [-0.25, -0.2) is 4.79 Å². The van der Waals surface area contributed by atoms with Crippen LogP contribution >= 0.6 is 0 Å². The van der Waals surface area contributed by atoms with E-state index < -0.39 is 11.9 Å². The predicted molar refractivity (Wildman–Crippen MR) is 64.5 cm³/mol. The monoisotopic (exact) mass is 255 g/mol. The van der Waals surface area contributed by atoms with Crippen molar-refractivity contribution >= 4 is 17.8 Å². The second-order valence-corrected chi connectivity index (χ2v) is 2.55. The second-order valence-electron chi connectivity index (χ2n) is 2.55. The Kier molecular flexibility index (Phi) is 11.1. The number of carboxylic acids is 1. The van der Waals surface area contributed by atoms with Gasteiger partial charge in [0.25, 0.3) is 0 Å². The zero-order valence-electron chi connectivity index (χ0n) is 9.74. The van der Waals surface area contributed by atoms with E-state index in [1.54, 1.807) is 0 Å². The van der Waals surface area contributed by atoms with E-state index in [-0.39, 0.29) is 12.5 Å². The molecule has 1 rings (SSSR count). The topological polar surface area (TPSA) is 110 Å². The average Bonchev–Trinajstić information content (AvgIpc) is 2.76. The number of ether oxygens (including phenoxy) is 1. The van der Waals surface area contributed by atoms with E-state index in [4.69, 9.17) is 5.11 Å². The summed E-state index contributed by atoms with van der Waals surface area (Å²) in [6, 6.07) is 0. The number of nitrogens with two attached hydrogens (primary N) is 1. The van der Waals surface area contributed by atoms with Gasteiger partial charge in [-0.15, -0.1) is 6.73 Å². The van der Waals surface area contributed by atoms with Gasteiger partial charge < -0.3 is 20.5 Å². The van der Waals surface area contributed by atoms with Gasteiger partial charge in [-0.05, 0) is 12.3 Å². The minimum atomic E-state index is -0.981. The summed E-state index contributed by atoms with van der Waals surface area (Å²) in [5.74, 6) is -1.53. The summed E-state index contributed by atoms with van der Waals surface area (Å²) in [4.78, 5) is 30.5. The summed E-state index contributed by atoms with van der Waals surface area (Å²) in [7, 11) is 0. The van der Waals surface area contributed by atoms with Crippen molar-refractivity contribution in [3.8, 4) is 0 Å². The molecule has 7 nitrogen and oxygen atoms in total. The Labute approximate surface area is 105 Å². The van der Waals surface area contributed by atoms with Crippen LogP contribution in [0, 0.1) is 6.73 Å². The lowest BCUT2D eigenvalue weighted by molar-refractivity contribution is -0.131. The van der Waals surface area contributed by atoms with Crippen LogP contribution in [-0.4, -0.2) is 34.4 Å². The fraction of sp³-hybridized carbons (Fsp3) is 0.0909. The summed E-state index contributed by atoms with van der Waals surface area (Å²) in [5.41, 5.74) is 4.53. The summed E-state index contributed by atoms with van der Waals surface area (Å²) >= 11 is 0. The van der Waals surface area contributed by atoms with E-state index in [0.29, 0.717) is 0 Å². The van der Waals surface area contributed by atoms with Crippen molar-refractivity contribution in [3.63, 3.8) is 0 Å². The molecule has 0 atom stereocenters. The molecular weight excluding hydrogens is 240 g/mol. The molecule has 1 aliphatic rings. The lowest BCUT2D eigenvalue weighted by Crippen LogP contribution is -2.15. The number of hydrogen-bond donors (Lipinski definition) is 2. The van der Waals surface area contributed by atoms with E-state index in [2.05, 4.69) is 30.2 Å². The molecule has 0 spiro atoms. The number of carbonyl (C=O) groups is 3. The van der Waals surface area contributed by atoms with Crippen LogP contribution in [0.4, 0.5) is 0 Å². The van der Waals surface area contributed by atoms with Gasteiger partial charge in [0.2, 0.25) is 11.8 Å². The number of nitrogens with zero attached hydrogens (tertiary/aromatic N) is 1. The highest BCUT2D eigenvalue weighted by molar-refractivity contribution is 5.85. The number of hydrogen-bond acceptors (Lipinski definition) is 4. The van der Waals surface area contributed by atoms with Crippen LogP contribution in [0.25, 0.3) is 0 Å². The second kappa shape index (κ2) is 11.1. The third kappa shape index (κ3) is 11.7. The SMILES string of the molecule is C=CC(=O)O.C=CC(N)=O.C=CN1[CH-]OCC1=O. The Hall–Kier alpha value is -2.41. The molecule has 0 saturated carbocycles. The Morgan fingerprint density at radius 1 is 1.39 bits per heavy atom. The molecule has 0 radical (unpaired) electrons. The Bertz CT molecular complexity index is 320. The molecule has 1 heterocycles. The quantitative estimate of drug-likeness (QED) is 0.545. The summed E-state index contributed by atoms with van der Waals surface area (Å²) in [5, 5.41) is 7.60. The van der Waals surface area contributed by atoms with E-state index in [1.807, 2.05) is 0 Å². The van der Waals surface area contributed by atoms with Gasteiger partial charge >= 0.3 is 5.97 Å². The summed E-state index contributed by atoms with van der Waals surface area (Å²) in [6.07, 6.45) is 3.30. The first-order valence-electron chi connectivity index (χ1n) is 4.54. The molecule has 0 unspecified atom stereocenters. The van der Waals surface area contributed by atoms with Crippen molar-refractivity contribution in [2.75, 3.05) is 6.61 Å². The van der Waals surface area contributed by atoms with Gasteiger partial charge in [-0.2, -0.15) is 0 Å². The van der Waals surface area contributed by atoms with Crippen LogP contribution in [0.2, 0.25) is 0 Å². The van der Waals surface area contributed by atoms with E-state index in [9.17, 15) is 14.4 Å². The molecule has 0 aliphatic carbocycles. The Morgan fingerprint density at radius 2 is 1.83 bits per heavy atom. The molecule has 1 saturated heterocycles. The Balaban J connectivity index is 0. The van der Waals surface area contributed by atoms with Crippen LogP contribution in [0.1, 0.15) is 0 Å². The standard InChI is InChI=1S/C5H6NO2.C3H5NO.C3H4O2/c1-2-6-4-8-3-5(6)7;2*1-2-3(4)5/h2,4H,1,3H2;2H,1H2,(H2,4,5);2H,1H2,(H,4,5)/q-1;;. The van der Waals surface area contributed by atoms with Crippen molar-refractivity contribution in [1.82, 2.24) is 4.90 Å². The molecule has 0 aromatic heterocycles. The minimum Gasteiger partial charge on any atom is -0.524 e. The maximum absolute atomic E-state index is 10.5. The van der Waals surface area contributed by atoms with E-state index in [1.165, 1.54) is 17.8 Å². The number of amides is 2. The summed E-state index contributed by atoms with van der Waals surface area (Å²) in [6.45, 7) is 10.9. The molecule has 7 heteroatoms. The molecule has 18 heavy (non-hydrogen) atoms. The third-order valence-corrected chi connectivity index (χ3v) is 1.26. The van der Waals surface area contributed by atoms with Gasteiger partial charge in [-0.3, -0.25) is 9.59 Å². The molecule has 2 amide bonds. The van der Waals surface area contributed by atoms with Crippen molar-refractivity contribution < 1.29 is 24.2 Å². The first-order chi connectivity index (χ1) is 8.38. The lowest BCUT2D eigenvalue weighted by Gasteiger charge is -2.15. The Morgan fingerprint density at radius 3 is 1.94 bits per heavy atom. The first-order valence-corrected chi connectivity index (χ1v) is 4.54. The molecular formula is C11H15N2O5-. The highest BCUT2D eigenvalue weighted by Crippen LogP contribution is 2.04. The van der Waals surface area contributed by atoms with E-state index in [0.717, 1.165) is 12.2 Å². The lowest BCUT2D eigenvalue weighted by atomic mass is 10.6. The van der Waals surface area contributed by atoms with Gasteiger partial charge in [0, 0.05) is 6.08 Å². The van der Waals surface area contributed by atoms with Crippen molar-refractivity contribution in [2.24, 2.45) is 5.73 Å². The van der Waals surface area contributed by atoms with Crippen LogP contribution < -0.4 is 5.73 Å². The fourth-order valence-corrected chi connectivity index (χ4v) is 0.467. The zero-order chi connectivity index (χ0) is 14.6. The first kappa shape index (κ1) is 18.0. The molecule has 0 aromatic rings. The highest BCUT2D eigenvalue weighted by Gasteiger charge is 2.06. The number of rotatable bonds is 3. The highest BCUT2D eigenvalue weighted by atomic mass is 16.5. The number of aliphatic carboxylic acids is 1. The molecule has 0 aromatic carbocycles. The molecule has 1 aliphatic heterocycles. The van der Waals surface area contributed by atoms with Crippen LogP contribution in [0.15, 0.2) is 38.1 Å². The van der Waals surface area contributed by atoms with Crippen molar-refractivity contribution in [2.45, 2.75) is 0 Å². The smallest absolute Gasteiger partial charge is 0.327 e. The van der Waals surface area contributed by atoms with Crippen LogP contribution in [0.5, 0.6) is 0 Å². The van der Waals surface area contributed by atoms with Crippen LogP contribution in [-0.2, 0) is 19.1 Å². The molecule has 1 fully saturated rings. The van der Waals surface area contributed by atoms with Gasteiger partial charge in [-0.1, -0.05) is 19.7 Å². The van der Waals surface area contributed by atoms with Crippen LogP contribution in [0.3, 0.4) is 0 Å². The minimum absolute atomic E-state index is 0.0694. The maximum Gasteiger partial charge on any atom is 0.327 e. The number of carboxylic acid groups (broad SMARTS) is 1. The maximum atomic E-state index is 10.5. The number of carbonyl (C=O) groups excluding carboxylic acids is 2. The van der Waals surface area contributed by atoms with Gasteiger partial charge in [0.15, 0.2) is 0 Å². The van der Waals surface area contributed by atoms with E-state index >= 15 is 0 Å². The molecule has 100 valence electrons.